The van der Waals surface area contributed by atoms with Crippen molar-refractivity contribution in [3.05, 3.63) is 47.5 Å². The summed E-state index contributed by atoms with van der Waals surface area (Å²) in [6.07, 6.45) is -1.31. The van der Waals surface area contributed by atoms with Crippen molar-refractivity contribution < 1.29 is 24.1 Å². The number of ether oxygens (including phenoxy) is 4. The molecule has 0 bridgehead atoms. The van der Waals surface area contributed by atoms with E-state index in [-0.39, 0.29) is 17.9 Å². The van der Waals surface area contributed by atoms with Crippen LogP contribution in [0.3, 0.4) is 0 Å². The topological polar surface area (TPSA) is 57.2 Å². The van der Waals surface area contributed by atoms with Crippen molar-refractivity contribution in [1.82, 2.24) is 0 Å². The lowest BCUT2D eigenvalue weighted by atomic mass is 9.81. The Bertz CT molecular complexity index is 847. The standard InChI is InChI=1S/C18H14B6O5/c19-16(20)27-12-3-1-2-11-9(12)7-10(25)15(26-11)8-4-5-13(28-17(21)22)14(6-8)29-18(23)24/h1-6,10,15-18,25H,7H2/t10-,15-/m0/s1. The van der Waals surface area contributed by atoms with Crippen LogP contribution in [0.15, 0.2) is 36.4 Å². The molecule has 11 heteroatoms. The van der Waals surface area contributed by atoms with E-state index in [1.54, 1.807) is 36.4 Å². The summed E-state index contributed by atoms with van der Waals surface area (Å²) in [5.74, 6) is -1.69. The van der Waals surface area contributed by atoms with Crippen LogP contribution in [0.4, 0.5) is 0 Å². The minimum atomic E-state index is -1.10. The molecular weight excluding hydrogens is 361 g/mol. The van der Waals surface area contributed by atoms with Crippen LogP contribution >= 0.6 is 0 Å². The fourth-order valence-corrected chi connectivity index (χ4v) is 3.12. The summed E-state index contributed by atoms with van der Waals surface area (Å²) in [4.78, 5) is 0. The molecule has 0 aromatic heterocycles. The molecule has 0 amide bonds. The zero-order chi connectivity index (χ0) is 21.1. The highest BCUT2D eigenvalue weighted by Gasteiger charge is 2.32. The Balaban J connectivity index is 1.91. The van der Waals surface area contributed by atoms with Crippen LogP contribution in [0.2, 0.25) is 0 Å². The Hall–Kier alpha value is -2.01. The second kappa shape index (κ2) is 9.21. The van der Waals surface area contributed by atoms with Gasteiger partial charge in [-0.3, -0.25) is 0 Å². The Morgan fingerprint density at radius 2 is 1.45 bits per heavy atom. The van der Waals surface area contributed by atoms with Crippen molar-refractivity contribution in [2.45, 2.75) is 36.3 Å². The van der Waals surface area contributed by atoms with Gasteiger partial charge in [0.15, 0.2) is 11.5 Å². The van der Waals surface area contributed by atoms with Crippen LogP contribution in [0, 0.1) is 0 Å². The number of benzene rings is 2. The molecule has 12 radical (unpaired) electrons. The van der Waals surface area contributed by atoms with E-state index in [2.05, 4.69) is 0 Å². The molecule has 29 heavy (non-hydrogen) atoms. The molecule has 2 atom stereocenters. The number of rotatable bonds is 7. The lowest BCUT2D eigenvalue weighted by Crippen LogP contribution is -2.31. The van der Waals surface area contributed by atoms with Gasteiger partial charge in [-0.05, 0) is 29.8 Å². The molecule has 1 aliphatic heterocycles. The number of aliphatic hydroxyl groups excluding tert-OH is 1. The van der Waals surface area contributed by atoms with Crippen LogP contribution in [-0.4, -0.2) is 76.0 Å². The minimum Gasteiger partial charge on any atom is -0.509 e. The van der Waals surface area contributed by atoms with Crippen LogP contribution in [-0.2, 0) is 6.42 Å². The van der Waals surface area contributed by atoms with Crippen LogP contribution in [0.25, 0.3) is 0 Å². The predicted molar refractivity (Wildman–Crippen MR) is 114 cm³/mol. The van der Waals surface area contributed by atoms with Gasteiger partial charge in [0.2, 0.25) is 0 Å². The van der Waals surface area contributed by atoms with Gasteiger partial charge in [-0.25, -0.2) is 0 Å². The van der Waals surface area contributed by atoms with E-state index in [4.69, 9.17) is 66.0 Å². The molecule has 2 aromatic carbocycles. The van der Waals surface area contributed by atoms with Crippen molar-refractivity contribution in [3.63, 3.8) is 0 Å². The van der Waals surface area contributed by atoms with Gasteiger partial charge in [0.25, 0.3) is 0 Å². The van der Waals surface area contributed by atoms with E-state index in [1.165, 1.54) is 0 Å². The van der Waals surface area contributed by atoms with Crippen molar-refractivity contribution in [1.29, 1.82) is 0 Å². The van der Waals surface area contributed by atoms with Gasteiger partial charge in [0.1, 0.15) is 64.7 Å². The summed E-state index contributed by atoms with van der Waals surface area (Å²) in [6, 6.07) is 10.1. The van der Waals surface area contributed by atoms with Gasteiger partial charge < -0.3 is 24.1 Å². The van der Waals surface area contributed by atoms with Crippen LogP contribution in [0.1, 0.15) is 17.2 Å². The lowest BCUT2D eigenvalue weighted by molar-refractivity contribution is 0.0197. The molecule has 1 heterocycles. The van der Waals surface area contributed by atoms with E-state index in [0.29, 0.717) is 22.6 Å². The van der Waals surface area contributed by atoms with E-state index >= 15 is 0 Å². The zero-order valence-electron chi connectivity index (χ0n) is 15.6. The molecule has 5 nitrogen and oxygen atoms in total. The smallest absolute Gasteiger partial charge is 0.159 e. The number of aliphatic hydroxyl groups is 1. The van der Waals surface area contributed by atoms with Crippen molar-refractivity contribution >= 4 is 47.1 Å². The van der Waals surface area contributed by atoms with Gasteiger partial charge in [-0.2, -0.15) is 0 Å². The summed E-state index contributed by atoms with van der Waals surface area (Å²) in [7, 11) is 33.0. The van der Waals surface area contributed by atoms with E-state index in [1.807, 2.05) is 0 Å². The third-order valence-corrected chi connectivity index (χ3v) is 4.19. The highest BCUT2D eigenvalue weighted by atomic mass is 16.5. The van der Waals surface area contributed by atoms with Crippen molar-refractivity contribution in [2.24, 2.45) is 0 Å². The van der Waals surface area contributed by atoms with Gasteiger partial charge in [-0.1, -0.05) is 12.1 Å². The average Bonchev–Trinajstić information content (AvgIpc) is 2.62. The maximum Gasteiger partial charge on any atom is 0.159 e. The molecule has 0 unspecified atom stereocenters. The normalized spacial score (nSPS) is 18.3. The van der Waals surface area contributed by atoms with E-state index in [9.17, 15) is 5.11 Å². The highest BCUT2D eigenvalue weighted by Crippen LogP contribution is 2.41. The quantitative estimate of drug-likeness (QED) is 0.675. The molecule has 0 spiro atoms. The van der Waals surface area contributed by atoms with E-state index < -0.39 is 29.9 Å². The monoisotopic (exact) mass is 376 g/mol. The van der Waals surface area contributed by atoms with Crippen molar-refractivity contribution in [2.75, 3.05) is 0 Å². The SMILES string of the molecule is [B]C([B])Oc1ccc([C@@H]2Oc3cccc(OC([B])[B])c3C[C@@H]2O)cc1OC([B])[B]. The first-order chi connectivity index (χ1) is 13.7. The molecule has 1 N–H and O–H groups in total. The van der Waals surface area contributed by atoms with Gasteiger partial charge in [-0.15, -0.1) is 0 Å². The zero-order valence-corrected chi connectivity index (χ0v) is 15.6. The molecule has 0 fully saturated rings. The third kappa shape index (κ3) is 5.33. The summed E-state index contributed by atoms with van der Waals surface area (Å²) < 4.78 is 22.1. The summed E-state index contributed by atoms with van der Waals surface area (Å²) in [5.41, 5.74) is 1.28. The van der Waals surface area contributed by atoms with Gasteiger partial charge >= 0.3 is 0 Å². The van der Waals surface area contributed by atoms with Gasteiger partial charge in [0, 0.05) is 29.7 Å². The molecule has 0 saturated carbocycles. The van der Waals surface area contributed by atoms with Crippen LogP contribution < -0.4 is 18.9 Å². The lowest BCUT2D eigenvalue weighted by Gasteiger charge is -2.32. The maximum absolute atomic E-state index is 10.7. The first kappa shape index (κ1) is 21.7. The second-order valence-electron chi connectivity index (χ2n) is 6.50. The first-order valence-electron chi connectivity index (χ1n) is 8.88. The molecule has 1 aliphatic rings. The number of hydrogen-bond donors (Lipinski definition) is 1. The number of fused-ring (bicyclic) bond motifs is 1. The Kier molecular flexibility index (Phi) is 6.89. The fraction of sp³-hybridized carbons (Fsp3) is 0.333. The largest absolute Gasteiger partial charge is 0.509 e. The highest BCUT2D eigenvalue weighted by molar-refractivity contribution is 6.35. The number of hydrogen-bond acceptors (Lipinski definition) is 5. The molecule has 0 saturated heterocycles. The molecule has 134 valence electrons. The third-order valence-electron chi connectivity index (χ3n) is 4.19. The summed E-state index contributed by atoms with van der Waals surface area (Å²) >= 11 is 0. The second-order valence-corrected chi connectivity index (χ2v) is 6.50. The summed E-state index contributed by atoms with van der Waals surface area (Å²) in [5, 5.41) is 10.7. The van der Waals surface area contributed by atoms with Crippen molar-refractivity contribution in [3.8, 4) is 23.0 Å². The first-order valence-corrected chi connectivity index (χ1v) is 8.88. The Morgan fingerprint density at radius 1 is 0.828 bits per heavy atom. The van der Waals surface area contributed by atoms with Crippen LogP contribution in [0.5, 0.6) is 23.0 Å². The maximum atomic E-state index is 10.7. The minimum absolute atomic E-state index is 0.214. The average molecular weight is 375 g/mol. The Morgan fingerprint density at radius 3 is 2.10 bits per heavy atom. The molecule has 3 rings (SSSR count). The molecule has 2 aromatic rings. The van der Waals surface area contributed by atoms with E-state index in [0.717, 1.165) is 0 Å². The Labute approximate surface area is 178 Å². The molecule has 0 aliphatic carbocycles. The fourth-order valence-electron chi connectivity index (χ4n) is 3.12. The summed E-state index contributed by atoms with van der Waals surface area (Å²) in [6.45, 7) is 0. The van der Waals surface area contributed by atoms with Gasteiger partial charge in [0.05, 0.1) is 6.10 Å². The molecular formula is C18H14B6O5. The predicted octanol–water partition coefficient (Wildman–Crippen LogP) is -0.278.